The van der Waals surface area contributed by atoms with Gasteiger partial charge in [0.2, 0.25) is 0 Å². The van der Waals surface area contributed by atoms with Gasteiger partial charge in [-0.3, -0.25) is 0 Å². The Morgan fingerprint density at radius 3 is 2.47 bits per heavy atom. The van der Waals surface area contributed by atoms with Crippen molar-refractivity contribution in [1.82, 2.24) is 0 Å². The van der Waals surface area contributed by atoms with Crippen LogP contribution in [0.5, 0.6) is 0 Å². The molecule has 19 heavy (non-hydrogen) atoms. The van der Waals surface area contributed by atoms with Crippen LogP contribution in [0.4, 0.5) is 4.39 Å². The van der Waals surface area contributed by atoms with Crippen molar-refractivity contribution in [1.29, 1.82) is 0 Å². The van der Waals surface area contributed by atoms with Crippen LogP contribution >= 0.6 is 27.5 Å². The summed E-state index contributed by atoms with van der Waals surface area (Å²) in [6.45, 7) is 4.48. The van der Waals surface area contributed by atoms with Crippen LogP contribution in [0.25, 0.3) is 0 Å². The third-order valence-corrected chi connectivity index (χ3v) is 5.70. The van der Waals surface area contributed by atoms with Gasteiger partial charge in [-0.05, 0) is 59.5 Å². The lowest BCUT2D eigenvalue weighted by Crippen LogP contribution is -2.42. The van der Waals surface area contributed by atoms with Gasteiger partial charge < -0.3 is 5.73 Å². The molecule has 0 amide bonds. The topological polar surface area (TPSA) is 26.0 Å². The molecule has 0 radical (unpaired) electrons. The minimum atomic E-state index is -0.570. The van der Waals surface area contributed by atoms with Crippen molar-refractivity contribution in [2.75, 3.05) is 0 Å². The Kier molecular flexibility index (Phi) is 4.59. The van der Waals surface area contributed by atoms with Gasteiger partial charge in [0, 0.05) is 15.6 Å². The summed E-state index contributed by atoms with van der Waals surface area (Å²) in [5.41, 5.74) is 6.44. The molecule has 1 saturated carbocycles. The highest BCUT2D eigenvalue weighted by Gasteiger charge is 2.36. The van der Waals surface area contributed by atoms with E-state index in [4.69, 9.17) is 17.3 Å². The van der Waals surface area contributed by atoms with Crippen LogP contribution in [0.3, 0.4) is 0 Å². The molecule has 106 valence electrons. The van der Waals surface area contributed by atoms with E-state index in [-0.39, 0.29) is 10.8 Å². The third-order valence-electron chi connectivity index (χ3n) is 4.44. The van der Waals surface area contributed by atoms with Gasteiger partial charge in [0.05, 0.1) is 5.02 Å². The van der Waals surface area contributed by atoms with E-state index in [2.05, 4.69) is 29.8 Å². The minimum Gasteiger partial charge on any atom is -0.321 e. The predicted octanol–water partition coefficient (Wildman–Crippen LogP) is 5.24. The zero-order valence-electron chi connectivity index (χ0n) is 11.3. The molecule has 0 spiro atoms. The van der Waals surface area contributed by atoms with Crippen molar-refractivity contribution < 1.29 is 4.39 Å². The van der Waals surface area contributed by atoms with Crippen LogP contribution < -0.4 is 5.73 Å². The maximum Gasteiger partial charge on any atom is 0.147 e. The summed E-state index contributed by atoms with van der Waals surface area (Å²) in [4.78, 5) is 0. The first-order chi connectivity index (χ1) is 8.85. The van der Waals surface area contributed by atoms with Crippen molar-refractivity contribution in [3.63, 3.8) is 0 Å². The summed E-state index contributed by atoms with van der Waals surface area (Å²) >= 11 is 9.20. The second-order valence-electron chi connectivity index (χ2n) is 5.96. The van der Waals surface area contributed by atoms with Crippen molar-refractivity contribution in [2.45, 2.75) is 45.1 Å². The first kappa shape index (κ1) is 15.3. The highest BCUT2D eigenvalue weighted by Crippen LogP contribution is 2.42. The third kappa shape index (κ3) is 2.98. The molecule has 0 atom stereocenters. The van der Waals surface area contributed by atoms with E-state index in [9.17, 15) is 4.39 Å². The lowest BCUT2D eigenvalue weighted by Gasteiger charge is -2.39. The molecule has 0 unspecified atom stereocenters. The second kappa shape index (κ2) is 5.71. The van der Waals surface area contributed by atoms with Crippen LogP contribution in [0.2, 0.25) is 5.02 Å². The molecule has 0 saturated heterocycles. The fourth-order valence-electron chi connectivity index (χ4n) is 3.00. The summed E-state index contributed by atoms with van der Waals surface area (Å²) in [7, 11) is 0. The first-order valence-corrected chi connectivity index (χ1v) is 7.95. The van der Waals surface area contributed by atoms with Gasteiger partial charge in [-0.2, -0.15) is 0 Å². The quantitative estimate of drug-likeness (QED) is 0.726. The molecular weight excluding hydrogens is 329 g/mol. The number of hydrogen-bond acceptors (Lipinski definition) is 1. The molecule has 0 bridgehead atoms. The van der Waals surface area contributed by atoms with Crippen molar-refractivity contribution >= 4 is 27.5 Å². The predicted molar refractivity (Wildman–Crippen MR) is 81.8 cm³/mol. The summed E-state index contributed by atoms with van der Waals surface area (Å²) in [5, 5.41) is 0.133. The number of rotatable bonds is 2. The molecule has 2 rings (SSSR count). The van der Waals surface area contributed by atoms with Crippen molar-refractivity contribution in [3.05, 3.63) is 33.0 Å². The molecule has 0 aliphatic heterocycles. The highest BCUT2D eigenvalue weighted by molar-refractivity contribution is 9.10. The monoisotopic (exact) mass is 347 g/mol. The van der Waals surface area contributed by atoms with Crippen LogP contribution in [-0.2, 0) is 5.54 Å². The molecule has 0 aromatic heterocycles. The van der Waals surface area contributed by atoms with Gasteiger partial charge in [0.15, 0.2) is 0 Å². The highest BCUT2D eigenvalue weighted by atomic mass is 79.9. The van der Waals surface area contributed by atoms with Crippen LogP contribution in [0.1, 0.15) is 45.1 Å². The minimum absolute atomic E-state index is 0.133. The fourth-order valence-corrected chi connectivity index (χ4v) is 3.47. The average Bonchev–Trinajstić information content (AvgIpc) is 2.36. The molecule has 1 aliphatic rings. The van der Waals surface area contributed by atoms with E-state index < -0.39 is 5.54 Å². The van der Waals surface area contributed by atoms with Crippen LogP contribution in [0, 0.1) is 17.7 Å². The normalized spacial score (nSPS) is 27.8. The van der Waals surface area contributed by atoms with E-state index in [1.807, 2.05) is 0 Å². The van der Waals surface area contributed by atoms with Crippen molar-refractivity contribution in [3.8, 4) is 0 Å². The molecule has 1 aliphatic carbocycles. The Morgan fingerprint density at radius 2 is 1.95 bits per heavy atom. The summed E-state index contributed by atoms with van der Waals surface area (Å²) in [5.74, 6) is 0.995. The number of hydrogen-bond donors (Lipinski definition) is 1. The maximum absolute atomic E-state index is 14.3. The van der Waals surface area contributed by atoms with Gasteiger partial charge in [0.1, 0.15) is 5.82 Å². The summed E-state index contributed by atoms with van der Waals surface area (Å²) in [6.07, 6.45) is 3.76. The molecule has 2 N–H and O–H groups in total. The van der Waals surface area contributed by atoms with E-state index in [0.29, 0.717) is 21.9 Å². The van der Waals surface area contributed by atoms with E-state index >= 15 is 0 Å². The van der Waals surface area contributed by atoms with Gasteiger partial charge in [-0.15, -0.1) is 0 Å². The molecule has 1 aromatic rings. The Balaban J connectivity index is 2.25. The largest absolute Gasteiger partial charge is 0.321 e. The van der Waals surface area contributed by atoms with Gasteiger partial charge in [-0.25, -0.2) is 4.39 Å². The SMILES string of the molecule is CC(C)C1CCC(N)(c2ccc(Br)c(Cl)c2F)CC1. The van der Waals surface area contributed by atoms with Gasteiger partial charge in [-0.1, -0.05) is 31.5 Å². The van der Waals surface area contributed by atoms with Gasteiger partial charge in [0.25, 0.3) is 0 Å². The number of halogens is 3. The lowest BCUT2D eigenvalue weighted by molar-refractivity contribution is 0.192. The summed E-state index contributed by atoms with van der Waals surface area (Å²) in [6, 6.07) is 3.55. The molecule has 0 heterocycles. The number of benzene rings is 1. The fraction of sp³-hybridized carbons (Fsp3) is 0.600. The Labute approximate surface area is 127 Å². The molecule has 1 fully saturated rings. The molecule has 4 heteroatoms. The Morgan fingerprint density at radius 1 is 1.37 bits per heavy atom. The van der Waals surface area contributed by atoms with Gasteiger partial charge >= 0.3 is 0 Å². The smallest absolute Gasteiger partial charge is 0.147 e. The second-order valence-corrected chi connectivity index (χ2v) is 7.19. The Hall–Kier alpha value is -0.120. The maximum atomic E-state index is 14.3. The first-order valence-electron chi connectivity index (χ1n) is 6.78. The van der Waals surface area contributed by atoms with Crippen LogP contribution in [-0.4, -0.2) is 0 Å². The van der Waals surface area contributed by atoms with E-state index in [0.717, 1.165) is 25.7 Å². The van der Waals surface area contributed by atoms with Crippen molar-refractivity contribution in [2.24, 2.45) is 17.6 Å². The van der Waals surface area contributed by atoms with E-state index in [1.165, 1.54) is 0 Å². The standard InChI is InChI=1S/C15H20BrClFN/c1-9(2)10-5-7-15(19,8-6-10)11-3-4-12(16)13(17)14(11)18/h3-4,9-10H,5-8,19H2,1-2H3. The zero-order valence-corrected chi connectivity index (χ0v) is 13.7. The van der Waals surface area contributed by atoms with E-state index in [1.54, 1.807) is 12.1 Å². The zero-order chi connectivity index (χ0) is 14.2. The summed E-state index contributed by atoms with van der Waals surface area (Å²) < 4.78 is 14.9. The molecule has 1 aromatic carbocycles. The number of nitrogens with two attached hydrogens (primary N) is 1. The average molecular weight is 349 g/mol. The van der Waals surface area contributed by atoms with Crippen LogP contribution in [0.15, 0.2) is 16.6 Å². The lowest BCUT2D eigenvalue weighted by atomic mass is 9.70. The molecule has 1 nitrogen and oxygen atoms in total. The Bertz CT molecular complexity index is 467. The molecular formula is C15H20BrClFN.